The first-order chi connectivity index (χ1) is 11.4. The van der Waals surface area contributed by atoms with E-state index in [0.717, 1.165) is 0 Å². The number of nitrogens with one attached hydrogen (secondary N) is 1. The maximum absolute atomic E-state index is 12.7. The molecule has 0 aliphatic rings. The minimum atomic E-state index is -0.617. The Morgan fingerprint density at radius 3 is 2.42 bits per heavy atom. The molecule has 128 valence electrons. The average Bonchev–Trinajstić information content (AvgIpc) is 3.05. The Labute approximate surface area is 146 Å². The number of rotatable bonds is 6. The van der Waals surface area contributed by atoms with Gasteiger partial charge in [-0.25, -0.2) is 0 Å². The van der Waals surface area contributed by atoms with Crippen LogP contribution in [-0.4, -0.2) is 29.8 Å². The first kappa shape index (κ1) is 18.1. The molecular weight excluding hydrogens is 328 g/mol. The summed E-state index contributed by atoms with van der Waals surface area (Å²) in [5.41, 5.74) is 0.464. The van der Waals surface area contributed by atoms with Crippen LogP contribution in [0.5, 0.6) is 0 Å². The van der Waals surface area contributed by atoms with E-state index in [4.69, 9.17) is 16.0 Å². The van der Waals surface area contributed by atoms with Gasteiger partial charge in [-0.1, -0.05) is 25.4 Å². The molecule has 0 saturated carbocycles. The standard InChI is InChI=1S/C18H21ClN2O3/c1-12(2)16(18(23)21(3)11-15-5-4-10-24-15)20-17(22)13-6-8-14(19)9-7-13/h4-10,12,16H,11H2,1-3H3,(H,20,22). The molecule has 5 nitrogen and oxygen atoms in total. The zero-order chi connectivity index (χ0) is 17.7. The van der Waals surface area contributed by atoms with Crippen LogP contribution in [0.2, 0.25) is 5.02 Å². The molecule has 1 aromatic carbocycles. The number of nitrogens with zero attached hydrogens (tertiary/aromatic N) is 1. The lowest BCUT2D eigenvalue weighted by Gasteiger charge is -2.26. The van der Waals surface area contributed by atoms with Gasteiger partial charge in [0.25, 0.3) is 5.91 Å². The SMILES string of the molecule is CC(C)C(NC(=O)c1ccc(Cl)cc1)C(=O)N(C)Cc1ccco1. The smallest absolute Gasteiger partial charge is 0.251 e. The highest BCUT2D eigenvalue weighted by atomic mass is 35.5. The maximum atomic E-state index is 12.7. The van der Waals surface area contributed by atoms with Crippen molar-refractivity contribution in [3.63, 3.8) is 0 Å². The highest BCUT2D eigenvalue weighted by Crippen LogP contribution is 2.13. The molecule has 2 aromatic rings. The zero-order valence-corrected chi connectivity index (χ0v) is 14.7. The van der Waals surface area contributed by atoms with Crippen molar-refractivity contribution in [3.05, 3.63) is 59.0 Å². The van der Waals surface area contributed by atoms with E-state index in [9.17, 15) is 9.59 Å². The highest BCUT2D eigenvalue weighted by Gasteiger charge is 2.27. The average molecular weight is 349 g/mol. The van der Waals surface area contributed by atoms with Gasteiger partial charge in [0.15, 0.2) is 0 Å². The number of halogens is 1. The summed E-state index contributed by atoms with van der Waals surface area (Å²) < 4.78 is 5.26. The molecule has 1 atom stereocenters. The fraction of sp³-hybridized carbons (Fsp3) is 0.333. The van der Waals surface area contributed by atoms with Crippen molar-refractivity contribution in [2.45, 2.75) is 26.4 Å². The summed E-state index contributed by atoms with van der Waals surface area (Å²) in [4.78, 5) is 26.6. The maximum Gasteiger partial charge on any atom is 0.251 e. The van der Waals surface area contributed by atoms with Crippen molar-refractivity contribution >= 4 is 23.4 Å². The normalized spacial score (nSPS) is 12.0. The molecule has 0 aliphatic carbocycles. The lowest BCUT2D eigenvalue weighted by Crippen LogP contribution is -2.50. The summed E-state index contributed by atoms with van der Waals surface area (Å²) >= 11 is 5.83. The Hall–Kier alpha value is -2.27. The lowest BCUT2D eigenvalue weighted by atomic mass is 10.0. The van der Waals surface area contributed by atoms with E-state index in [-0.39, 0.29) is 17.7 Å². The van der Waals surface area contributed by atoms with Crippen molar-refractivity contribution < 1.29 is 14.0 Å². The number of furan rings is 1. The predicted molar refractivity (Wildman–Crippen MR) is 92.7 cm³/mol. The van der Waals surface area contributed by atoms with Gasteiger partial charge in [-0.2, -0.15) is 0 Å². The zero-order valence-electron chi connectivity index (χ0n) is 14.0. The summed E-state index contributed by atoms with van der Waals surface area (Å²) in [6, 6.07) is 9.51. The second-order valence-electron chi connectivity index (χ2n) is 5.98. The Morgan fingerprint density at radius 1 is 1.21 bits per heavy atom. The first-order valence-electron chi connectivity index (χ1n) is 7.72. The highest BCUT2D eigenvalue weighted by molar-refractivity contribution is 6.30. The summed E-state index contributed by atoms with van der Waals surface area (Å²) in [5, 5.41) is 3.37. The Kier molecular flexibility index (Phi) is 6.04. The van der Waals surface area contributed by atoms with Crippen molar-refractivity contribution in [1.29, 1.82) is 0 Å². The summed E-state index contributed by atoms with van der Waals surface area (Å²) in [6.07, 6.45) is 1.57. The van der Waals surface area contributed by atoms with Crippen molar-refractivity contribution in [2.75, 3.05) is 7.05 Å². The summed E-state index contributed by atoms with van der Waals surface area (Å²) in [7, 11) is 1.69. The molecule has 1 heterocycles. The fourth-order valence-electron chi connectivity index (χ4n) is 2.29. The summed E-state index contributed by atoms with van der Waals surface area (Å²) in [6.45, 7) is 4.14. The second kappa shape index (κ2) is 8.02. The number of benzene rings is 1. The molecule has 2 amide bonds. The number of carbonyl (C=O) groups excluding carboxylic acids is 2. The van der Waals surface area contributed by atoms with Crippen LogP contribution in [-0.2, 0) is 11.3 Å². The number of likely N-dealkylation sites (N-methyl/N-ethyl adjacent to an activating group) is 1. The molecule has 6 heteroatoms. The number of hydrogen-bond acceptors (Lipinski definition) is 3. The van der Waals surface area contributed by atoms with E-state index in [2.05, 4.69) is 5.32 Å². The van der Waals surface area contributed by atoms with Crippen LogP contribution < -0.4 is 5.32 Å². The molecule has 24 heavy (non-hydrogen) atoms. The van der Waals surface area contributed by atoms with E-state index in [1.165, 1.54) is 0 Å². The molecule has 1 aromatic heterocycles. The molecule has 1 unspecified atom stereocenters. The molecule has 0 fully saturated rings. The van der Waals surface area contributed by atoms with Gasteiger partial charge in [0.2, 0.25) is 5.91 Å². The van der Waals surface area contributed by atoms with Crippen molar-refractivity contribution in [2.24, 2.45) is 5.92 Å². The number of hydrogen-bond donors (Lipinski definition) is 1. The fourth-order valence-corrected chi connectivity index (χ4v) is 2.42. The minimum Gasteiger partial charge on any atom is -0.467 e. The van der Waals surface area contributed by atoms with E-state index >= 15 is 0 Å². The Balaban J connectivity index is 2.06. The second-order valence-corrected chi connectivity index (χ2v) is 6.41. The molecule has 0 radical (unpaired) electrons. The largest absolute Gasteiger partial charge is 0.467 e. The van der Waals surface area contributed by atoms with Gasteiger partial charge in [0, 0.05) is 17.6 Å². The monoisotopic (exact) mass is 348 g/mol. The molecule has 0 aliphatic heterocycles. The molecule has 1 N–H and O–H groups in total. The first-order valence-corrected chi connectivity index (χ1v) is 8.10. The topological polar surface area (TPSA) is 62.6 Å². The quantitative estimate of drug-likeness (QED) is 0.870. The van der Waals surface area contributed by atoms with Crippen LogP contribution in [0.3, 0.4) is 0 Å². The van der Waals surface area contributed by atoms with Gasteiger partial charge in [0.05, 0.1) is 12.8 Å². The van der Waals surface area contributed by atoms with Crippen molar-refractivity contribution in [1.82, 2.24) is 10.2 Å². The molecule has 2 rings (SSSR count). The van der Waals surface area contributed by atoms with Gasteiger partial charge in [-0.05, 0) is 42.3 Å². The van der Waals surface area contributed by atoms with Crippen LogP contribution in [0.4, 0.5) is 0 Å². The molecule has 0 bridgehead atoms. The van der Waals surface area contributed by atoms with Gasteiger partial charge >= 0.3 is 0 Å². The van der Waals surface area contributed by atoms with Crippen molar-refractivity contribution in [3.8, 4) is 0 Å². The molecule has 0 saturated heterocycles. The van der Waals surface area contributed by atoms with Crippen LogP contribution in [0.25, 0.3) is 0 Å². The Bertz CT molecular complexity index is 681. The van der Waals surface area contributed by atoms with Crippen LogP contribution >= 0.6 is 11.6 Å². The lowest BCUT2D eigenvalue weighted by molar-refractivity contribution is -0.133. The third-order valence-corrected chi connectivity index (χ3v) is 3.93. The van der Waals surface area contributed by atoms with Gasteiger partial charge in [-0.15, -0.1) is 0 Å². The van der Waals surface area contributed by atoms with Gasteiger partial charge in [0.1, 0.15) is 11.8 Å². The van der Waals surface area contributed by atoms with E-state index in [0.29, 0.717) is 22.9 Å². The van der Waals surface area contributed by atoms with Crippen LogP contribution in [0.1, 0.15) is 30.0 Å². The van der Waals surface area contributed by atoms with E-state index < -0.39 is 6.04 Å². The van der Waals surface area contributed by atoms with E-state index in [1.807, 2.05) is 13.8 Å². The van der Waals surface area contributed by atoms with Crippen LogP contribution in [0.15, 0.2) is 47.1 Å². The van der Waals surface area contributed by atoms with Gasteiger partial charge in [-0.3, -0.25) is 9.59 Å². The Morgan fingerprint density at radius 2 is 1.88 bits per heavy atom. The number of amides is 2. The molecular formula is C18H21ClN2O3. The third-order valence-electron chi connectivity index (χ3n) is 3.68. The van der Waals surface area contributed by atoms with Crippen LogP contribution in [0, 0.1) is 5.92 Å². The number of carbonyl (C=O) groups is 2. The van der Waals surface area contributed by atoms with Gasteiger partial charge < -0.3 is 14.6 Å². The predicted octanol–water partition coefficient (Wildman–Crippen LogP) is 3.35. The third kappa shape index (κ3) is 4.61. The van der Waals surface area contributed by atoms with E-state index in [1.54, 1.807) is 54.6 Å². The minimum absolute atomic E-state index is 0.0483. The molecule has 0 spiro atoms. The summed E-state index contributed by atoms with van der Waals surface area (Å²) in [5.74, 6) is 0.180.